The summed E-state index contributed by atoms with van der Waals surface area (Å²) in [4.78, 5) is 11.9. The number of fused-ring (bicyclic) bond motifs is 2. The highest BCUT2D eigenvalue weighted by atomic mass is 32.2. The van der Waals surface area contributed by atoms with Crippen molar-refractivity contribution in [3.8, 4) is 0 Å². The van der Waals surface area contributed by atoms with E-state index >= 15 is 0 Å². The topological polar surface area (TPSA) is 48.3 Å². The number of hydrogen-bond acceptors (Lipinski definition) is 6. The van der Waals surface area contributed by atoms with Gasteiger partial charge in [-0.25, -0.2) is 10.0 Å². The molecular weight excluding hydrogens is 512 g/mol. The van der Waals surface area contributed by atoms with Crippen molar-refractivity contribution in [3.05, 3.63) is 131 Å². The second kappa shape index (κ2) is 9.79. The zero-order chi connectivity index (χ0) is 28.1. The van der Waals surface area contributed by atoms with E-state index in [1.807, 2.05) is 34.3 Å². The fourth-order valence-corrected chi connectivity index (χ4v) is 6.46. The van der Waals surface area contributed by atoms with Gasteiger partial charge < -0.3 is 0 Å². The van der Waals surface area contributed by atoms with Crippen molar-refractivity contribution in [2.45, 2.75) is 45.0 Å². The predicted molar refractivity (Wildman–Crippen MR) is 167 cm³/mol. The van der Waals surface area contributed by atoms with Gasteiger partial charge in [0.1, 0.15) is 0 Å². The van der Waals surface area contributed by atoms with Crippen molar-refractivity contribution in [2.24, 2.45) is 10.2 Å². The highest BCUT2D eigenvalue weighted by Gasteiger charge is 2.55. The minimum absolute atomic E-state index is 0.0560. The highest BCUT2D eigenvalue weighted by Crippen LogP contribution is 2.55. The monoisotopic (exact) mass is 544 g/mol. The van der Waals surface area contributed by atoms with E-state index in [1.165, 1.54) is 17.3 Å². The zero-order valence-corrected chi connectivity index (χ0v) is 24.2. The van der Waals surface area contributed by atoms with Crippen molar-refractivity contribution >= 4 is 39.7 Å². The van der Waals surface area contributed by atoms with Crippen LogP contribution >= 0.6 is 11.8 Å². The van der Waals surface area contributed by atoms with Gasteiger partial charge in [-0.1, -0.05) is 105 Å². The van der Waals surface area contributed by atoms with Gasteiger partial charge in [-0.15, -0.1) is 0 Å². The van der Waals surface area contributed by atoms with Crippen LogP contribution in [-0.2, 0) is 15.2 Å². The van der Waals surface area contributed by atoms with Gasteiger partial charge in [0.2, 0.25) is 4.99 Å². The van der Waals surface area contributed by atoms with Crippen LogP contribution in [0, 0.1) is 6.92 Å². The molecule has 0 fully saturated rings. The summed E-state index contributed by atoms with van der Waals surface area (Å²) in [7, 11) is 0. The van der Waals surface area contributed by atoms with Crippen LogP contribution in [0.25, 0.3) is 0 Å². The zero-order valence-electron chi connectivity index (χ0n) is 23.4. The average Bonchev–Trinajstić information content (AvgIpc) is 3.35. The van der Waals surface area contributed by atoms with Gasteiger partial charge in [-0.2, -0.15) is 10.2 Å². The van der Waals surface area contributed by atoms with E-state index in [2.05, 4.69) is 107 Å². The lowest BCUT2D eigenvalue weighted by molar-refractivity contribution is -0.110. The van der Waals surface area contributed by atoms with Gasteiger partial charge in [0.05, 0.1) is 17.1 Å². The number of hydrazone groups is 2. The Labute approximate surface area is 240 Å². The van der Waals surface area contributed by atoms with Gasteiger partial charge in [0.15, 0.2) is 10.8 Å². The molecule has 2 aliphatic rings. The summed E-state index contributed by atoms with van der Waals surface area (Å²) in [6.07, 6.45) is 0. The third-order valence-electron chi connectivity index (χ3n) is 7.34. The van der Waals surface area contributed by atoms with Crippen LogP contribution in [0.3, 0.4) is 0 Å². The van der Waals surface area contributed by atoms with Crippen LogP contribution < -0.4 is 10.0 Å². The van der Waals surface area contributed by atoms with Gasteiger partial charge in [-0.3, -0.25) is 4.79 Å². The first kappa shape index (κ1) is 26.1. The Morgan fingerprint density at radius 1 is 0.750 bits per heavy atom. The van der Waals surface area contributed by atoms with Crippen LogP contribution in [0.1, 0.15) is 55.5 Å². The number of carbonyl (C=O) groups excluding carboxylic acids is 1. The summed E-state index contributed by atoms with van der Waals surface area (Å²) >= 11 is 1.44. The summed E-state index contributed by atoms with van der Waals surface area (Å²) in [5, 5.41) is 14.8. The van der Waals surface area contributed by atoms with Crippen LogP contribution in [0.2, 0.25) is 0 Å². The number of rotatable bonds is 4. The molecule has 0 saturated heterocycles. The molecule has 6 rings (SSSR count). The number of aryl methyl sites for hydroxylation is 1. The molecule has 4 aromatic rings. The van der Waals surface area contributed by atoms with E-state index in [9.17, 15) is 4.79 Å². The van der Waals surface area contributed by atoms with E-state index in [4.69, 9.17) is 10.2 Å². The second-order valence-corrected chi connectivity index (χ2v) is 12.4. The predicted octanol–water partition coefficient (Wildman–Crippen LogP) is 7.83. The summed E-state index contributed by atoms with van der Waals surface area (Å²) < 4.78 is 0. The Kier molecular flexibility index (Phi) is 6.38. The smallest absolute Gasteiger partial charge is 0.234 e. The fourth-order valence-electron chi connectivity index (χ4n) is 5.17. The quantitative estimate of drug-likeness (QED) is 0.263. The van der Waals surface area contributed by atoms with Crippen molar-refractivity contribution in [1.29, 1.82) is 0 Å². The van der Waals surface area contributed by atoms with Crippen molar-refractivity contribution in [1.82, 2.24) is 0 Å². The van der Waals surface area contributed by atoms with Crippen LogP contribution in [0.15, 0.2) is 113 Å². The number of para-hydroxylation sites is 1. The molecule has 0 amide bonds. The summed E-state index contributed by atoms with van der Waals surface area (Å²) in [5.41, 5.74) is 8.23. The standard InChI is InChI=1S/C34H32N4OS/c1-23-15-21-28(22-16-23)38-34(40-32(36-38)24(2)39)30-14-10-9-13-29(30)31(35-37(34)27-11-7-6-8-12-27)25-17-19-26(20-18-25)33(3,4)5/h6-22H,1-5H3. The molecule has 0 bridgehead atoms. The molecule has 1 unspecified atom stereocenters. The van der Waals surface area contributed by atoms with Crippen molar-refractivity contribution in [3.63, 3.8) is 0 Å². The number of ketones is 1. The number of nitrogens with zero attached hydrogens (tertiary/aromatic N) is 4. The summed E-state index contributed by atoms with van der Waals surface area (Å²) in [5.74, 6) is -0.0722. The molecule has 200 valence electrons. The van der Waals surface area contributed by atoms with Crippen LogP contribution in [0.5, 0.6) is 0 Å². The van der Waals surface area contributed by atoms with E-state index < -0.39 is 4.99 Å². The van der Waals surface area contributed by atoms with E-state index in [0.717, 1.165) is 39.3 Å². The van der Waals surface area contributed by atoms with Gasteiger partial charge in [-0.05, 0) is 53.9 Å². The maximum absolute atomic E-state index is 12.8. The first-order valence-electron chi connectivity index (χ1n) is 13.5. The Balaban J connectivity index is 1.62. The van der Waals surface area contributed by atoms with E-state index in [1.54, 1.807) is 6.92 Å². The van der Waals surface area contributed by atoms with Crippen molar-refractivity contribution < 1.29 is 4.79 Å². The minimum Gasteiger partial charge on any atom is -0.292 e. The first-order chi connectivity index (χ1) is 19.2. The molecule has 40 heavy (non-hydrogen) atoms. The second-order valence-electron chi connectivity index (χ2n) is 11.3. The molecule has 2 heterocycles. The lowest BCUT2D eigenvalue weighted by Crippen LogP contribution is -2.54. The average molecular weight is 545 g/mol. The highest BCUT2D eigenvalue weighted by molar-refractivity contribution is 8.17. The SMILES string of the molecule is CC(=O)C1=NN(c2ccc(C)cc2)C2(S1)c1ccccc1C(c1ccc(C(C)(C)C)cc1)=NN2c1ccccc1. The third kappa shape index (κ3) is 4.33. The van der Waals surface area contributed by atoms with E-state index in [-0.39, 0.29) is 11.2 Å². The van der Waals surface area contributed by atoms with Crippen LogP contribution in [0.4, 0.5) is 11.4 Å². The number of benzene rings is 4. The number of Topliss-reactive ketones (excluding diaryl/α,β-unsaturated/α-hetero) is 1. The molecule has 1 spiro atoms. The third-order valence-corrected chi connectivity index (χ3v) is 8.75. The largest absolute Gasteiger partial charge is 0.292 e. The molecule has 5 nitrogen and oxygen atoms in total. The van der Waals surface area contributed by atoms with E-state index in [0.29, 0.717) is 5.04 Å². The number of anilines is 2. The number of thioether (sulfide) groups is 1. The molecule has 4 aromatic carbocycles. The Bertz CT molecular complexity index is 1640. The Hall–Kier alpha value is -4.16. The summed E-state index contributed by atoms with van der Waals surface area (Å²) in [6, 6.07) is 35.5. The van der Waals surface area contributed by atoms with Gasteiger partial charge in [0, 0.05) is 23.6 Å². The fraction of sp³-hybridized carbons (Fsp3) is 0.206. The minimum atomic E-state index is -0.941. The molecule has 0 aliphatic carbocycles. The summed E-state index contributed by atoms with van der Waals surface area (Å²) in [6.45, 7) is 10.3. The molecule has 0 radical (unpaired) electrons. The molecule has 6 heteroatoms. The maximum atomic E-state index is 12.8. The van der Waals surface area contributed by atoms with Crippen LogP contribution in [-0.4, -0.2) is 16.5 Å². The Morgan fingerprint density at radius 2 is 1.35 bits per heavy atom. The van der Waals surface area contributed by atoms with Crippen molar-refractivity contribution in [2.75, 3.05) is 10.0 Å². The normalized spacial score (nSPS) is 18.4. The number of hydrogen-bond donors (Lipinski definition) is 0. The first-order valence-corrected chi connectivity index (χ1v) is 14.3. The lowest BCUT2D eigenvalue weighted by Gasteiger charge is -2.47. The number of carbonyl (C=O) groups is 1. The molecule has 2 aliphatic heterocycles. The molecule has 0 aromatic heterocycles. The maximum Gasteiger partial charge on any atom is 0.234 e. The molecule has 0 saturated carbocycles. The van der Waals surface area contributed by atoms with Gasteiger partial charge >= 0.3 is 0 Å². The molecule has 1 atom stereocenters. The molecular formula is C34H32N4OS. The molecule has 0 N–H and O–H groups in total. The lowest BCUT2D eigenvalue weighted by atomic mass is 9.85. The Morgan fingerprint density at radius 3 is 2.00 bits per heavy atom. The van der Waals surface area contributed by atoms with Gasteiger partial charge in [0.25, 0.3) is 0 Å².